The number of nitrogens with zero attached hydrogens (tertiary/aromatic N) is 3. The van der Waals surface area contributed by atoms with Crippen LogP contribution in [0.3, 0.4) is 0 Å². The highest BCUT2D eigenvalue weighted by Crippen LogP contribution is 2.47. The zero-order valence-corrected chi connectivity index (χ0v) is 33.2. The van der Waals surface area contributed by atoms with Gasteiger partial charge in [0.25, 0.3) is 11.8 Å². The van der Waals surface area contributed by atoms with Crippen molar-refractivity contribution in [2.45, 2.75) is 38.1 Å². The van der Waals surface area contributed by atoms with E-state index in [0.717, 1.165) is 112 Å². The number of aryl methyl sites for hydroxylation is 1. The third-order valence-electron chi connectivity index (χ3n) is 10.7. The Morgan fingerprint density at radius 2 is 1.54 bits per heavy atom. The number of aromatic hydroxyl groups is 1. The molecule has 3 aliphatic heterocycles. The molecule has 3 aliphatic rings. The van der Waals surface area contributed by atoms with Crippen LogP contribution >= 0.6 is 27.3 Å². The van der Waals surface area contributed by atoms with Crippen LogP contribution in [0.25, 0.3) is 20.5 Å². The van der Waals surface area contributed by atoms with Crippen LogP contribution in [0.15, 0.2) is 89.4 Å². The largest absolute Gasteiger partial charge is 0.508 e. The van der Waals surface area contributed by atoms with Gasteiger partial charge in [0.15, 0.2) is 5.75 Å². The number of thiophene rings is 1. The molecule has 4 amide bonds. The minimum Gasteiger partial charge on any atom is -0.508 e. The SMILES string of the molecule is O=C1CCC(N2C(=O)c3ccc(NCCCN4CCN(CCCc5ccc(Oc6c(-c7ccc(Br)cc7)sc7cc(O)ccc67)cc5)CC4)cc3C2=O)C(=O)N1. The molecule has 0 radical (unpaired) electrons. The number of amides is 4. The zero-order valence-electron chi connectivity index (χ0n) is 30.8. The monoisotopic (exact) mass is 835 g/mol. The Bertz CT molecular complexity index is 2290. The van der Waals surface area contributed by atoms with Crippen molar-refractivity contribution in [3.8, 4) is 27.7 Å². The average molecular weight is 837 g/mol. The quantitative estimate of drug-likeness (QED) is 0.0828. The molecule has 3 N–H and O–H groups in total. The van der Waals surface area contributed by atoms with Crippen LogP contribution < -0.4 is 15.4 Å². The molecular formula is C43H42BrN5O6S. The van der Waals surface area contributed by atoms with Crippen molar-refractivity contribution in [2.24, 2.45) is 0 Å². The molecule has 0 bridgehead atoms. The van der Waals surface area contributed by atoms with Crippen molar-refractivity contribution in [2.75, 3.05) is 51.1 Å². The van der Waals surface area contributed by atoms with E-state index in [9.17, 15) is 24.3 Å². The Balaban J connectivity index is 0.758. The van der Waals surface area contributed by atoms with Crippen LogP contribution in [0.4, 0.5) is 5.69 Å². The summed E-state index contributed by atoms with van der Waals surface area (Å²) in [6, 6.07) is 26.1. The third kappa shape index (κ3) is 8.22. The Labute approximate surface area is 337 Å². The Kier molecular flexibility index (Phi) is 11.2. The molecule has 4 aromatic carbocycles. The third-order valence-corrected chi connectivity index (χ3v) is 12.4. The van der Waals surface area contributed by atoms with E-state index >= 15 is 0 Å². The highest BCUT2D eigenvalue weighted by molar-refractivity contribution is 9.10. The lowest BCUT2D eigenvalue weighted by Crippen LogP contribution is -2.54. The first kappa shape index (κ1) is 37.8. The summed E-state index contributed by atoms with van der Waals surface area (Å²) in [7, 11) is 0. The summed E-state index contributed by atoms with van der Waals surface area (Å²) in [6.07, 6.45) is 3.24. The van der Waals surface area contributed by atoms with Gasteiger partial charge in [-0.2, -0.15) is 0 Å². The maximum absolute atomic E-state index is 13.1. The first-order valence-electron chi connectivity index (χ1n) is 19.0. The minimum atomic E-state index is -0.966. The van der Waals surface area contributed by atoms with Gasteiger partial charge in [0, 0.05) is 59.4 Å². The number of piperazine rings is 1. The lowest BCUT2D eigenvalue weighted by Gasteiger charge is -2.34. The second-order valence-corrected chi connectivity index (χ2v) is 16.4. The van der Waals surface area contributed by atoms with Crippen molar-refractivity contribution in [3.63, 3.8) is 0 Å². The van der Waals surface area contributed by atoms with Crippen LogP contribution in [-0.2, 0) is 16.0 Å². The summed E-state index contributed by atoms with van der Waals surface area (Å²) in [5, 5.41) is 16.7. The van der Waals surface area contributed by atoms with Gasteiger partial charge in [0.05, 0.1) is 16.0 Å². The maximum Gasteiger partial charge on any atom is 0.262 e. The number of halogens is 1. The zero-order chi connectivity index (χ0) is 38.8. The van der Waals surface area contributed by atoms with E-state index in [2.05, 4.69) is 60.6 Å². The average Bonchev–Trinajstić information content (AvgIpc) is 3.67. The summed E-state index contributed by atoms with van der Waals surface area (Å²) < 4.78 is 8.51. The molecule has 1 atom stereocenters. The smallest absolute Gasteiger partial charge is 0.262 e. The maximum atomic E-state index is 13.1. The van der Waals surface area contributed by atoms with Crippen LogP contribution in [0, 0.1) is 0 Å². The van der Waals surface area contributed by atoms with Gasteiger partial charge in [-0.3, -0.25) is 29.4 Å². The van der Waals surface area contributed by atoms with Crippen LogP contribution in [0.1, 0.15) is 52.0 Å². The van der Waals surface area contributed by atoms with Gasteiger partial charge < -0.3 is 25.0 Å². The number of rotatable bonds is 13. The topological polar surface area (TPSA) is 132 Å². The molecule has 0 saturated carbocycles. The summed E-state index contributed by atoms with van der Waals surface area (Å²) in [5.41, 5.74) is 3.66. The fourth-order valence-electron chi connectivity index (χ4n) is 7.66. The molecule has 2 fully saturated rings. The molecule has 11 nitrogen and oxygen atoms in total. The van der Waals surface area contributed by atoms with E-state index in [1.54, 1.807) is 41.7 Å². The van der Waals surface area contributed by atoms with Gasteiger partial charge >= 0.3 is 0 Å². The number of hydrogen-bond donors (Lipinski definition) is 3. The molecule has 4 heterocycles. The first-order valence-corrected chi connectivity index (χ1v) is 20.6. The molecule has 1 unspecified atom stereocenters. The second kappa shape index (κ2) is 16.6. The highest BCUT2D eigenvalue weighted by atomic mass is 79.9. The van der Waals surface area contributed by atoms with Gasteiger partial charge in [0.1, 0.15) is 17.5 Å². The van der Waals surface area contributed by atoms with E-state index in [-0.39, 0.29) is 29.7 Å². The van der Waals surface area contributed by atoms with Crippen LogP contribution in [0.2, 0.25) is 0 Å². The molecule has 8 rings (SSSR count). The lowest BCUT2D eigenvalue weighted by atomic mass is 10.0. The summed E-state index contributed by atoms with van der Waals surface area (Å²) >= 11 is 5.14. The standard InChI is InChI=1S/C43H42BrN5O6S/c44-29-8-6-28(7-9-29)40-39(34-15-11-31(50)26-37(34)56-40)55-32-12-4-27(5-13-32)3-1-19-47-21-23-48(24-22-47)20-2-18-45-30-10-14-33-35(25-30)43(54)49(42(33)53)36-16-17-38(51)46-41(36)52/h4-15,25-26,36,45,50H,1-3,16-24H2,(H,46,51,52). The molecule has 1 aromatic heterocycles. The van der Waals surface area contributed by atoms with Crippen molar-refractivity contribution < 1.29 is 29.0 Å². The molecule has 0 spiro atoms. The fraction of sp³-hybridized carbons (Fsp3) is 0.302. The predicted molar refractivity (Wildman–Crippen MR) is 221 cm³/mol. The number of ether oxygens (including phenoxy) is 1. The number of carbonyl (C=O) groups is 4. The number of benzene rings is 4. The normalized spacial score (nSPS) is 17.7. The second-order valence-electron chi connectivity index (χ2n) is 14.5. The molecule has 56 heavy (non-hydrogen) atoms. The van der Waals surface area contributed by atoms with E-state index in [1.807, 2.05) is 30.3 Å². The number of anilines is 1. The van der Waals surface area contributed by atoms with E-state index in [0.29, 0.717) is 0 Å². The number of piperidine rings is 1. The molecule has 288 valence electrons. The minimum absolute atomic E-state index is 0.0954. The number of hydrogen-bond acceptors (Lipinski definition) is 10. The van der Waals surface area contributed by atoms with Gasteiger partial charge in [-0.15, -0.1) is 11.3 Å². The summed E-state index contributed by atoms with van der Waals surface area (Å²) in [5.74, 6) is -0.174. The number of imide groups is 2. The van der Waals surface area contributed by atoms with Gasteiger partial charge in [-0.25, -0.2) is 0 Å². The van der Waals surface area contributed by atoms with Crippen molar-refractivity contribution in [1.29, 1.82) is 0 Å². The molecular weight excluding hydrogens is 794 g/mol. The van der Waals surface area contributed by atoms with Crippen LogP contribution in [0.5, 0.6) is 17.2 Å². The molecule has 5 aromatic rings. The number of carbonyl (C=O) groups excluding carboxylic acids is 4. The van der Waals surface area contributed by atoms with Crippen molar-refractivity contribution in [3.05, 3.63) is 106 Å². The number of nitrogens with one attached hydrogen (secondary N) is 2. The molecule has 2 saturated heterocycles. The highest BCUT2D eigenvalue weighted by Gasteiger charge is 2.44. The number of phenolic OH excluding ortho intramolecular Hbond substituents is 1. The van der Waals surface area contributed by atoms with Gasteiger partial charge in [0.2, 0.25) is 11.8 Å². The summed E-state index contributed by atoms with van der Waals surface area (Å²) in [6.45, 7) is 6.87. The Hall–Kier alpha value is -5.08. The molecule has 13 heteroatoms. The Morgan fingerprint density at radius 3 is 2.27 bits per heavy atom. The van der Waals surface area contributed by atoms with Gasteiger partial charge in [-0.1, -0.05) is 40.2 Å². The molecule has 0 aliphatic carbocycles. The first-order chi connectivity index (χ1) is 27.2. The van der Waals surface area contributed by atoms with E-state index < -0.39 is 29.7 Å². The lowest BCUT2D eigenvalue weighted by molar-refractivity contribution is -0.136. The number of fused-ring (bicyclic) bond motifs is 2. The van der Waals surface area contributed by atoms with Crippen molar-refractivity contribution >= 4 is 66.7 Å². The summed E-state index contributed by atoms with van der Waals surface area (Å²) in [4.78, 5) is 57.0. The van der Waals surface area contributed by atoms with E-state index in [1.165, 1.54) is 5.56 Å². The van der Waals surface area contributed by atoms with Gasteiger partial charge in [-0.05, 0) is 111 Å². The van der Waals surface area contributed by atoms with E-state index in [4.69, 9.17) is 4.74 Å². The Morgan fingerprint density at radius 1 is 0.821 bits per heavy atom. The fourth-order valence-corrected chi connectivity index (χ4v) is 9.09. The predicted octanol–water partition coefficient (Wildman–Crippen LogP) is 7.28. The van der Waals surface area contributed by atoms with Crippen molar-refractivity contribution in [1.82, 2.24) is 20.0 Å². The number of phenols is 1. The van der Waals surface area contributed by atoms with Crippen LogP contribution in [-0.4, -0.2) is 95.3 Å².